The first kappa shape index (κ1) is 9.98. The van der Waals surface area contributed by atoms with Gasteiger partial charge in [0.2, 0.25) is 0 Å². The lowest BCUT2D eigenvalue weighted by atomic mass is 10.1. The van der Waals surface area contributed by atoms with Crippen molar-refractivity contribution in [2.45, 2.75) is 6.42 Å². The van der Waals surface area contributed by atoms with Crippen LogP contribution in [0.1, 0.15) is 16.8 Å². The van der Waals surface area contributed by atoms with Gasteiger partial charge in [0.15, 0.2) is 17.3 Å². The number of aromatic hydroxyl groups is 2. The molecule has 1 aliphatic rings. The summed E-state index contributed by atoms with van der Waals surface area (Å²) in [5, 5.41) is 18.3. The van der Waals surface area contributed by atoms with Gasteiger partial charge in [-0.2, -0.15) is 0 Å². The maximum Gasteiger partial charge on any atom is 0.176 e. The Kier molecular flexibility index (Phi) is 2.60. The fourth-order valence-electron chi connectivity index (χ4n) is 1.53. The van der Waals surface area contributed by atoms with Crippen molar-refractivity contribution in [1.82, 2.24) is 4.90 Å². The smallest absolute Gasteiger partial charge is 0.176 e. The van der Waals surface area contributed by atoms with Gasteiger partial charge in [0, 0.05) is 5.56 Å². The van der Waals surface area contributed by atoms with E-state index >= 15 is 0 Å². The van der Waals surface area contributed by atoms with Crippen LogP contribution >= 0.6 is 0 Å². The van der Waals surface area contributed by atoms with E-state index in [0.717, 1.165) is 19.5 Å². The first-order chi connectivity index (χ1) is 7.16. The topological polar surface area (TPSA) is 60.8 Å². The minimum absolute atomic E-state index is 0.0231. The molecule has 4 nitrogen and oxygen atoms in total. The molecule has 0 bridgehead atoms. The van der Waals surface area contributed by atoms with E-state index < -0.39 is 0 Å². The van der Waals surface area contributed by atoms with Crippen molar-refractivity contribution < 1.29 is 15.0 Å². The van der Waals surface area contributed by atoms with E-state index in [-0.39, 0.29) is 17.3 Å². The van der Waals surface area contributed by atoms with E-state index in [0.29, 0.717) is 12.1 Å². The molecule has 1 heterocycles. The molecular formula is C11H13NO3. The minimum Gasteiger partial charge on any atom is -0.504 e. The highest BCUT2D eigenvalue weighted by atomic mass is 16.3. The summed E-state index contributed by atoms with van der Waals surface area (Å²) in [5.41, 5.74) is 0.442. The number of likely N-dealkylation sites (tertiary alicyclic amines) is 1. The Balaban J connectivity index is 2.07. The predicted octanol–water partition coefficient (Wildman–Crippen LogP) is 0.986. The van der Waals surface area contributed by atoms with Crippen molar-refractivity contribution in [2.24, 2.45) is 0 Å². The van der Waals surface area contributed by atoms with E-state index in [1.165, 1.54) is 18.2 Å². The molecule has 15 heavy (non-hydrogen) atoms. The summed E-state index contributed by atoms with van der Waals surface area (Å²) in [6.07, 6.45) is 1.15. The van der Waals surface area contributed by atoms with Crippen LogP contribution in [0.5, 0.6) is 11.5 Å². The molecule has 0 aromatic heterocycles. The summed E-state index contributed by atoms with van der Waals surface area (Å²) >= 11 is 0. The van der Waals surface area contributed by atoms with E-state index in [2.05, 4.69) is 0 Å². The van der Waals surface area contributed by atoms with Crippen LogP contribution in [0.25, 0.3) is 0 Å². The molecule has 0 spiro atoms. The van der Waals surface area contributed by atoms with Gasteiger partial charge in [0.05, 0.1) is 6.54 Å². The quantitative estimate of drug-likeness (QED) is 0.573. The fourth-order valence-corrected chi connectivity index (χ4v) is 1.53. The number of hydrogen-bond acceptors (Lipinski definition) is 4. The molecule has 1 saturated heterocycles. The zero-order valence-corrected chi connectivity index (χ0v) is 8.31. The Labute approximate surface area is 87.8 Å². The first-order valence-electron chi connectivity index (χ1n) is 4.94. The second-order valence-electron chi connectivity index (χ2n) is 3.76. The highest BCUT2D eigenvalue weighted by Crippen LogP contribution is 2.25. The standard InChI is InChI=1S/C11H13NO3/c13-9-3-2-8(6-10(9)14)11(15)7-12-4-1-5-12/h2-3,6,13-14H,1,4-5,7H2. The van der Waals surface area contributed by atoms with Gasteiger partial charge in [0.1, 0.15) is 0 Å². The van der Waals surface area contributed by atoms with Crippen molar-refractivity contribution in [3.05, 3.63) is 23.8 Å². The van der Waals surface area contributed by atoms with Crippen LogP contribution in [0.15, 0.2) is 18.2 Å². The number of nitrogens with zero attached hydrogens (tertiary/aromatic N) is 1. The van der Waals surface area contributed by atoms with Gasteiger partial charge < -0.3 is 10.2 Å². The number of carbonyl (C=O) groups excluding carboxylic acids is 1. The van der Waals surface area contributed by atoms with Crippen LogP contribution < -0.4 is 0 Å². The maximum atomic E-state index is 11.7. The molecule has 0 radical (unpaired) electrons. The first-order valence-corrected chi connectivity index (χ1v) is 4.94. The summed E-state index contributed by atoms with van der Waals surface area (Å²) in [4.78, 5) is 13.7. The molecule has 2 rings (SSSR count). The van der Waals surface area contributed by atoms with E-state index in [1.807, 2.05) is 4.90 Å². The minimum atomic E-state index is -0.246. The van der Waals surface area contributed by atoms with Gasteiger partial charge in [-0.15, -0.1) is 0 Å². The molecule has 4 heteroatoms. The zero-order chi connectivity index (χ0) is 10.8. The van der Waals surface area contributed by atoms with Crippen molar-refractivity contribution in [1.29, 1.82) is 0 Å². The number of Topliss-reactive ketones (excluding diaryl/α,β-unsaturated/α-hetero) is 1. The second-order valence-corrected chi connectivity index (χ2v) is 3.76. The van der Waals surface area contributed by atoms with Crippen molar-refractivity contribution in [3.8, 4) is 11.5 Å². The summed E-state index contributed by atoms with van der Waals surface area (Å²) in [5.74, 6) is -0.468. The van der Waals surface area contributed by atoms with E-state index in [4.69, 9.17) is 5.11 Å². The van der Waals surface area contributed by atoms with Gasteiger partial charge in [-0.3, -0.25) is 9.69 Å². The Hall–Kier alpha value is -1.55. The number of ketones is 1. The molecule has 0 aliphatic carbocycles. The molecule has 1 fully saturated rings. The molecule has 1 aromatic carbocycles. The van der Waals surface area contributed by atoms with Crippen molar-refractivity contribution in [2.75, 3.05) is 19.6 Å². The predicted molar refractivity (Wildman–Crippen MR) is 55.2 cm³/mol. The molecular weight excluding hydrogens is 194 g/mol. The van der Waals surface area contributed by atoms with Crippen molar-refractivity contribution in [3.63, 3.8) is 0 Å². The van der Waals surface area contributed by atoms with Gasteiger partial charge in [-0.25, -0.2) is 0 Å². The number of rotatable bonds is 3. The summed E-state index contributed by atoms with van der Waals surface area (Å²) in [6.45, 7) is 2.33. The number of benzene rings is 1. The second kappa shape index (κ2) is 3.90. The number of hydrogen-bond donors (Lipinski definition) is 2. The lowest BCUT2D eigenvalue weighted by molar-refractivity contribution is 0.0875. The zero-order valence-electron chi connectivity index (χ0n) is 8.31. The van der Waals surface area contributed by atoms with Crippen LogP contribution in [0.3, 0.4) is 0 Å². The average molecular weight is 207 g/mol. The van der Waals surface area contributed by atoms with Crippen LogP contribution in [0.2, 0.25) is 0 Å². The largest absolute Gasteiger partial charge is 0.504 e. The molecule has 1 aromatic rings. The van der Waals surface area contributed by atoms with Gasteiger partial charge in [0.25, 0.3) is 0 Å². The molecule has 0 atom stereocenters. The summed E-state index contributed by atoms with van der Waals surface area (Å²) in [6, 6.07) is 4.16. The molecule has 0 saturated carbocycles. The number of phenolic OH excluding ortho intramolecular Hbond substituents is 2. The molecule has 0 unspecified atom stereocenters. The van der Waals surface area contributed by atoms with E-state index in [9.17, 15) is 9.90 Å². The normalized spacial score (nSPS) is 16.0. The van der Waals surface area contributed by atoms with Crippen LogP contribution in [0, 0.1) is 0 Å². The molecule has 1 aliphatic heterocycles. The van der Waals surface area contributed by atoms with Crippen molar-refractivity contribution >= 4 is 5.78 Å². The Morgan fingerprint density at radius 3 is 2.53 bits per heavy atom. The van der Waals surface area contributed by atoms with Gasteiger partial charge in [-0.05, 0) is 37.7 Å². The Bertz CT molecular complexity index is 385. The lowest BCUT2D eigenvalue weighted by Crippen LogP contribution is -2.40. The third-order valence-electron chi connectivity index (χ3n) is 2.61. The van der Waals surface area contributed by atoms with Crippen LogP contribution in [-0.4, -0.2) is 40.5 Å². The highest BCUT2D eigenvalue weighted by Gasteiger charge is 2.18. The Morgan fingerprint density at radius 1 is 1.27 bits per heavy atom. The van der Waals surface area contributed by atoms with Crippen LogP contribution in [-0.2, 0) is 0 Å². The average Bonchev–Trinajstić information content (AvgIpc) is 2.15. The van der Waals surface area contributed by atoms with Gasteiger partial charge >= 0.3 is 0 Å². The Morgan fingerprint density at radius 2 is 2.00 bits per heavy atom. The molecule has 0 amide bonds. The molecule has 2 N–H and O–H groups in total. The highest BCUT2D eigenvalue weighted by molar-refractivity contribution is 5.98. The maximum absolute atomic E-state index is 11.7. The lowest BCUT2D eigenvalue weighted by Gasteiger charge is -2.29. The van der Waals surface area contributed by atoms with Gasteiger partial charge in [-0.1, -0.05) is 0 Å². The molecule has 80 valence electrons. The fraction of sp³-hybridized carbons (Fsp3) is 0.364. The monoisotopic (exact) mass is 207 g/mol. The van der Waals surface area contributed by atoms with Crippen LogP contribution in [0.4, 0.5) is 0 Å². The third kappa shape index (κ3) is 2.10. The SMILES string of the molecule is O=C(CN1CCC1)c1ccc(O)c(O)c1. The summed E-state index contributed by atoms with van der Waals surface area (Å²) < 4.78 is 0. The third-order valence-corrected chi connectivity index (χ3v) is 2.61. The van der Waals surface area contributed by atoms with E-state index in [1.54, 1.807) is 0 Å². The summed E-state index contributed by atoms with van der Waals surface area (Å²) in [7, 11) is 0. The number of carbonyl (C=O) groups is 1. The number of phenols is 2.